The zero-order valence-corrected chi connectivity index (χ0v) is 14.7. The molecular weight excluding hydrogens is 260 g/mol. The summed E-state index contributed by atoms with van der Waals surface area (Å²) >= 11 is 0. The molecule has 0 heterocycles. The molecule has 0 N–H and O–H groups in total. The van der Waals surface area contributed by atoms with E-state index in [0.29, 0.717) is 0 Å². The van der Waals surface area contributed by atoms with E-state index in [0.717, 1.165) is 0 Å². The van der Waals surface area contributed by atoms with Gasteiger partial charge in [0.15, 0.2) is 8.32 Å². The van der Waals surface area contributed by atoms with Crippen LogP contribution in [0.1, 0.15) is 0 Å². The Morgan fingerprint density at radius 3 is 1.88 bits per heavy atom. The predicted molar refractivity (Wildman–Crippen MR) is 80.7 cm³/mol. The molecule has 5 heteroatoms. The van der Waals surface area contributed by atoms with Gasteiger partial charge in [-0.25, -0.2) is 0 Å². The highest BCUT2D eigenvalue weighted by atomic mass is 28.4. The van der Waals surface area contributed by atoms with Crippen LogP contribution in [0.4, 0.5) is 0 Å². The van der Waals surface area contributed by atoms with Crippen LogP contribution in [0.2, 0.25) is 39.3 Å². The highest BCUT2D eigenvalue weighted by Crippen LogP contribution is 2.12. The maximum atomic E-state index is 6.25. The van der Waals surface area contributed by atoms with Gasteiger partial charge in [-0.1, -0.05) is 30.3 Å². The Morgan fingerprint density at radius 2 is 1.41 bits per heavy atom. The van der Waals surface area contributed by atoms with Crippen molar-refractivity contribution in [2.45, 2.75) is 39.3 Å². The monoisotopic (exact) mass is 283 g/mol. The minimum Gasteiger partial charge on any atom is -0.436 e. The van der Waals surface area contributed by atoms with Crippen molar-refractivity contribution in [3.63, 3.8) is 0 Å². The third-order valence-electron chi connectivity index (χ3n) is 2.32. The summed E-state index contributed by atoms with van der Waals surface area (Å²) < 4.78 is 12.3. The van der Waals surface area contributed by atoms with Crippen LogP contribution in [-0.4, -0.2) is 25.9 Å². The Balaban J connectivity index is 2.67. The molecule has 0 saturated heterocycles. The molecule has 1 radical (unpaired) electrons. The van der Waals surface area contributed by atoms with Crippen molar-refractivity contribution in [1.82, 2.24) is 0 Å². The van der Waals surface area contributed by atoms with Crippen LogP contribution < -0.4 is 5.19 Å². The molecule has 0 aromatic heterocycles. The molecule has 2 nitrogen and oxygen atoms in total. The third kappa shape index (κ3) is 5.31. The van der Waals surface area contributed by atoms with Gasteiger partial charge in [0.1, 0.15) is 0 Å². The van der Waals surface area contributed by atoms with Gasteiger partial charge in [-0.15, -0.1) is 0 Å². The second-order valence-electron chi connectivity index (χ2n) is 5.68. The second-order valence-corrected chi connectivity index (χ2v) is 16.1. The van der Waals surface area contributed by atoms with Crippen LogP contribution >= 0.6 is 0 Å². The molecule has 0 saturated carbocycles. The van der Waals surface area contributed by atoms with Gasteiger partial charge >= 0.3 is 9.28 Å². The summed E-state index contributed by atoms with van der Waals surface area (Å²) in [5.74, 6) is 0. The van der Waals surface area contributed by atoms with Crippen molar-refractivity contribution in [3.05, 3.63) is 30.3 Å². The Bertz CT molecular complexity index is 347. The standard InChI is InChI=1S/C12H23O2Si3/c1-15(13-16(2,3)4)14-17(5,6)12-10-8-7-9-11-12/h7-11H,1-6H3. The van der Waals surface area contributed by atoms with E-state index in [1.807, 2.05) is 6.07 Å². The third-order valence-corrected chi connectivity index (χ3v) is 10.8. The lowest BCUT2D eigenvalue weighted by Crippen LogP contribution is -2.50. The van der Waals surface area contributed by atoms with Crippen LogP contribution in [0.5, 0.6) is 0 Å². The summed E-state index contributed by atoms with van der Waals surface area (Å²) in [6.45, 7) is 13.2. The molecule has 0 fully saturated rings. The van der Waals surface area contributed by atoms with E-state index in [1.165, 1.54) is 5.19 Å². The van der Waals surface area contributed by atoms with Crippen molar-refractivity contribution in [3.8, 4) is 0 Å². The van der Waals surface area contributed by atoms with E-state index in [-0.39, 0.29) is 0 Å². The van der Waals surface area contributed by atoms with E-state index in [9.17, 15) is 0 Å². The first-order valence-electron chi connectivity index (χ1n) is 5.98. The van der Waals surface area contributed by atoms with Gasteiger partial charge < -0.3 is 8.23 Å². The molecule has 0 aliphatic heterocycles. The van der Waals surface area contributed by atoms with Gasteiger partial charge in [0, 0.05) is 0 Å². The summed E-state index contributed by atoms with van der Waals surface area (Å²) in [5.41, 5.74) is 0. The van der Waals surface area contributed by atoms with Crippen molar-refractivity contribution < 1.29 is 8.23 Å². The predicted octanol–water partition coefficient (Wildman–Crippen LogP) is 3.08. The number of hydrogen-bond acceptors (Lipinski definition) is 2. The SMILES string of the molecule is C[Si](O[Si](C)(C)C)O[Si](C)(C)c1ccccc1. The topological polar surface area (TPSA) is 18.5 Å². The van der Waals surface area contributed by atoms with Gasteiger partial charge in [0.25, 0.3) is 0 Å². The number of hydrogen-bond donors (Lipinski definition) is 0. The lowest BCUT2D eigenvalue weighted by Gasteiger charge is -2.30. The van der Waals surface area contributed by atoms with Crippen molar-refractivity contribution in [1.29, 1.82) is 0 Å². The summed E-state index contributed by atoms with van der Waals surface area (Å²) in [5, 5.41) is 1.34. The first-order chi connectivity index (χ1) is 7.71. The van der Waals surface area contributed by atoms with E-state index in [4.69, 9.17) is 8.23 Å². The van der Waals surface area contributed by atoms with Gasteiger partial charge in [0.05, 0.1) is 0 Å². The first-order valence-corrected chi connectivity index (χ1v) is 14.1. The molecule has 0 atom stereocenters. The van der Waals surface area contributed by atoms with Crippen LogP contribution in [0.15, 0.2) is 30.3 Å². The average Bonchev–Trinajstić information content (AvgIpc) is 2.15. The van der Waals surface area contributed by atoms with Crippen LogP contribution in [0.25, 0.3) is 0 Å². The Morgan fingerprint density at radius 1 is 0.882 bits per heavy atom. The average molecular weight is 284 g/mol. The van der Waals surface area contributed by atoms with Crippen molar-refractivity contribution >= 4 is 31.1 Å². The normalized spacial score (nSPS) is 13.1. The van der Waals surface area contributed by atoms with Gasteiger partial charge in [-0.05, 0) is 44.5 Å². The van der Waals surface area contributed by atoms with E-state index >= 15 is 0 Å². The van der Waals surface area contributed by atoms with Crippen molar-refractivity contribution in [2.75, 3.05) is 0 Å². The Hall–Kier alpha value is -0.209. The molecule has 1 rings (SSSR count). The quantitative estimate of drug-likeness (QED) is 0.773. The maximum absolute atomic E-state index is 6.25. The minimum absolute atomic E-state index is 1.13. The van der Waals surface area contributed by atoms with Crippen LogP contribution in [0, 0.1) is 0 Å². The fourth-order valence-corrected chi connectivity index (χ4v) is 10.0. The second kappa shape index (κ2) is 5.62. The molecule has 17 heavy (non-hydrogen) atoms. The van der Waals surface area contributed by atoms with E-state index < -0.39 is 25.9 Å². The molecule has 0 aliphatic rings. The maximum Gasteiger partial charge on any atom is 0.359 e. The number of benzene rings is 1. The van der Waals surface area contributed by atoms with Gasteiger partial charge in [-0.3, -0.25) is 0 Å². The minimum atomic E-state index is -1.80. The smallest absolute Gasteiger partial charge is 0.359 e. The zero-order chi connectivity index (χ0) is 13.1. The lowest BCUT2D eigenvalue weighted by atomic mass is 10.4. The van der Waals surface area contributed by atoms with E-state index in [2.05, 4.69) is 63.5 Å². The van der Waals surface area contributed by atoms with E-state index in [1.54, 1.807) is 0 Å². The summed E-state index contributed by atoms with van der Waals surface area (Å²) in [4.78, 5) is 0. The highest BCUT2D eigenvalue weighted by Gasteiger charge is 2.31. The van der Waals surface area contributed by atoms with Gasteiger partial charge in [0.2, 0.25) is 8.32 Å². The summed E-state index contributed by atoms with van der Waals surface area (Å²) in [7, 11) is -4.41. The molecule has 1 aromatic rings. The fraction of sp³-hybridized carbons (Fsp3) is 0.500. The molecule has 95 valence electrons. The largest absolute Gasteiger partial charge is 0.436 e. The molecule has 0 aliphatic carbocycles. The van der Waals surface area contributed by atoms with Gasteiger partial charge in [-0.2, -0.15) is 0 Å². The zero-order valence-electron chi connectivity index (χ0n) is 11.7. The first kappa shape index (κ1) is 14.9. The van der Waals surface area contributed by atoms with Crippen LogP contribution in [0.3, 0.4) is 0 Å². The van der Waals surface area contributed by atoms with Crippen LogP contribution in [-0.2, 0) is 8.23 Å². The summed E-state index contributed by atoms with van der Waals surface area (Å²) in [6.07, 6.45) is 0. The molecule has 0 bridgehead atoms. The highest BCUT2D eigenvalue weighted by molar-refractivity contribution is 6.89. The molecular formula is C12H23O2Si3. The lowest BCUT2D eigenvalue weighted by molar-refractivity contribution is 0.431. The molecule has 0 spiro atoms. The Kier molecular flexibility index (Phi) is 4.91. The fourth-order valence-electron chi connectivity index (χ4n) is 1.71. The van der Waals surface area contributed by atoms with Crippen molar-refractivity contribution in [2.24, 2.45) is 0 Å². The Labute approximate surface area is 109 Å². The molecule has 1 aromatic carbocycles. The summed E-state index contributed by atoms with van der Waals surface area (Å²) in [6, 6.07) is 10.5. The number of rotatable bonds is 5. The molecule has 0 amide bonds. The molecule has 0 unspecified atom stereocenters.